The van der Waals surface area contributed by atoms with Gasteiger partial charge in [-0.1, -0.05) is 25.7 Å². The maximum Gasteiger partial charge on any atom is 0.320 e. The van der Waals surface area contributed by atoms with Crippen molar-refractivity contribution in [2.45, 2.75) is 57.8 Å². The molecule has 1 saturated heterocycles. The number of carbonyl (C=O) groups is 1. The van der Waals surface area contributed by atoms with Gasteiger partial charge in [0.1, 0.15) is 11.6 Å². The van der Waals surface area contributed by atoms with Crippen molar-refractivity contribution < 1.29 is 14.3 Å². The largest absolute Gasteiger partial charge is 0.463 e. The Balaban J connectivity index is 1.31. The Morgan fingerprint density at radius 1 is 1.07 bits per heavy atom. The van der Waals surface area contributed by atoms with Gasteiger partial charge in [-0.25, -0.2) is 0 Å². The van der Waals surface area contributed by atoms with Gasteiger partial charge in [0.2, 0.25) is 5.91 Å². The average Bonchev–Trinajstić information content (AvgIpc) is 3.43. The smallest absolute Gasteiger partial charge is 0.320 e. The zero-order valence-corrected chi connectivity index (χ0v) is 16.0. The van der Waals surface area contributed by atoms with E-state index >= 15 is 0 Å². The summed E-state index contributed by atoms with van der Waals surface area (Å²) in [7, 11) is 0. The van der Waals surface area contributed by atoms with Crippen molar-refractivity contribution >= 4 is 17.5 Å². The second-order valence-electron chi connectivity index (χ2n) is 8.05. The Labute approximate surface area is 160 Å². The van der Waals surface area contributed by atoms with E-state index in [1.54, 1.807) is 4.90 Å². The van der Waals surface area contributed by atoms with Gasteiger partial charge in [-0.15, -0.1) is 0 Å². The molecule has 7 nitrogen and oxygen atoms in total. The van der Waals surface area contributed by atoms with Crippen molar-refractivity contribution in [3.63, 3.8) is 0 Å². The van der Waals surface area contributed by atoms with Crippen molar-refractivity contribution in [1.82, 2.24) is 9.97 Å². The molecule has 0 spiro atoms. The summed E-state index contributed by atoms with van der Waals surface area (Å²) in [6.45, 7) is 3.08. The summed E-state index contributed by atoms with van der Waals surface area (Å²) in [5, 5.41) is 0. The molecule has 1 aromatic heterocycles. The van der Waals surface area contributed by atoms with E-state index in [0.29, 0.717) is 37.2 Å². The van der Waals surface area contributed by atoms with Crippen LogP contribution in [-0.2, 0) is 16.0 Å². The second-order valence-corrected chi connectivity index (χ2v) is 8.05. The quantitative estimate of drug-likeness (QED) is 0.668. The lowest BCUT2D eigenvalue weighted by Crippen LogP contribution is -2.28. The first kappa shape index (κ1) is 18.5. The van der Waals surface area contributed by atoms with Gasteiger partial charge < -0.3 is 15.2 Å². The number of nitrogen functional groups attached to an aromatic ring is 1. The van der Waals surface area contributed by atoms with E-state index in [-0.39, 0.29) is 5.91 Å². The number of hydrogen-bond donors (Lipinski definition) is 1. The van der Waals surface area contributed by atoms with Gasteiger partial charge in [0.05, 0.1) is 13.0 Å². The van der Waals surface area contributed by atoms with Gasteiger partial charge in [-0.05, 0) is 37.5 Å². The lowest BCUT2D eigenvalue weighted by atomic mass is 9.94. The molecule has 0 atom stereocenters. The molecule has 2 aliphatic heterocycles. The molecule has 0 radical (unpaired) electrons. The Bertz CT molecular complexity index is 671. The molecule has 2 N–H and O–H groups in total. The average molecular weight is 374 g/mol. The highest BCUT2D eigenvalue weighted by Crippen LogP contribution is 2.34. The summed E-state index contributed by atoms with van der Waals surface area (Å²) in [6, 6.07) is 0.300. The van der Waals surface area contributed by atoms with Crippen LogP contribution in [0.15, 0.2) is 0 Å². The monoisotopic (exact) mass is 374 g/mol. The van der Waals surface area contributed by atoms with Crippen molar-refractivity contribution in [1.29, 1.82) is 0 Å². The minimum atomic E-state index is 0.0622. The summed E-state index contributed by atoms with van der Waals surface area (Å²) in [6.07, 6.45) is 9.56. The third-order valence-electron chi connectivity index (χ3n) is 5.92. The number of anilines is 2. The van der Waals surface area contributed by atoms with Gasteiger partial charge in [-0.2, -0.15) is 9.97 Å². The van der Waals surface area contributed by atoms with Crippen LogP contribution in [0.4, 0.5) is 11.6 Å². The molecular weight excluding hydrogens is 344 g/mol. The summed E-state index contributed by atoms with van der Waals surface area (Å²) in [5.74, 6) is 2.65. The van der Waals surface area contributed by atoms with Crippen LogP contribution in [0, 0.1) is 11.8 Å². The predicted octanol–water partition coefficient (Wildman–Crippen LogP) is 2.72. The maximum atomic E-state index is 12.4. The lowest BCUT2D eigenvalue weighted by Gasteiger charge is -2.22. The standard InChI is InChI=1S/C20H30N4O3/c21-18-16-13-17(25)24(9-2-1-3-14-6-10-26-11-7-14)19(16)23-20(22-18)27-12-8-15-4-5-15/h14-15H,1-13H2,(H2,21,22,23). The highest BCUT2D eigenvalue weighted by atomic mass is 16.5. The van der Waals surface area contributed by atoms with E-state index < -0.39 is 0 Å². The third-order valence-corrected chi connectivity index (χ3v) is 5.92. The van der Waals surface area contributed by atoms with Crippen molar-refractivity contribution in [2.75, 3.05) is 37.0 Å². The van der Waals surface area contributed by atoms with Gasteiger partial charge in [-0.3, -0.25) is 9.69 Å². The van der Waals surface area contributed by atoms with Gasteiger partial charge in [0.25, 0.3) is 0 Å². The molecule has 3 heterocycles. The number of amides is 1. The van der Waals surface area contributed by atoms with Crippen LogP contribution >= 0.6 is 0 Å². The third kappa shape index (κ3) is 4.69. The Morgan fingerprint density at radius 2 is 1.85 bits per heavy atom. The van der Waals surface area contributed by atoms with E-state index in [1.165, 1.54) is 19.3 Å². The first-order valence-corrected chi connectivity index (χ1v) is 10.4. The van der Waals surface area contributed by atoms with E-state index in [9.17, 15) is 4.79 Å². The SMILES string of the molecule is Nc1nc(OCCC2CC2)nc2c1CC(=O)N2CCCCC1CCOCC1. The maximum absolute atomic E-state index is 12.4. The first-order chi connectivity index (χ1) is 13.2. The van der Waals surface area contributed by atoms with Crippen LogP contribution < -0.4 is 15.4 Å². The Morgan fingerprint density at radius 3 is 2.63 bits per heavy atom. The molecule has 0 aromatic carbocycles. The number of fused-ring (bicyclic) bond motifs is 1. The molecule has 1 saturated carbocycles. The molecular formula is C20H30N4O3. The fraction of sp³-hybridized carbons (Fsp3) is 0.750. The number of nitrogens with zero attached hydrogens (tertiary/aromatic N) is 3. The number of unbranched alkanes of at least 4 members (excludes halogenated alkanes) is 1. The molecule has 4 rings (SSSR count). The topological polar surface area (TPSA) is 90.6 Å². The van der Waals surface area contributed by atoms with Gasteiger partial charge in [0.15, 0.2) is 0 Å². The molecule has 148 valence electrons. The Hall–Kier alpha value is -1.89. The van der Waals surface area contributed by atoms with Crippen LogP contribution in [-0.4, -0.2) is 42.2 Å². The molecule has 3 aliphatic rings. The van der Waals surface area contributed by atoms with E-state index in [1.807, 2.05) is 0 Å². The van der Waals surface area contributed by atoms with Crippen LogP contribution in [0.5, 0.6) is 6.01 Å². The second kappa shape index (κ2) is 8.42. The summed E-state index contributed by atoms with van der Waals surface area (Å²) >= 11 is 0. The van der Waals surface area contributed by atoms with Crippen molar-refractivity contribution in [3.8, 4) is 6.01 Å². The van der Waals surface area contributed by atoms with Crippen LogP contribution in [0.25, 0.3) is 0 Å². The number of hydrogen-bond acceptors (Lipinski definition) is 6. The lowest BCUT2D eigenvalue weighted by molar-refractivity contribution is -0.117. The van der Waals surface area contributed by atoms with Crippen LogP contribution in [0.1, 0.15) is 56.9 Å². The summed E-state index contributed by atoms with van der Waals surface area (Å²) in [4.78, 5) is 23.0. The number of aromatic nitrogens is 2. The number of carbonyl (C=O) groups excluding carboxylic acids is 1. The zero-order valence-electron chi connectivity index (χ0n) is 16.0. The molecule has 27 heavy (non-hydrogen) atoms. The van der Waals surface area contributed by atoms with E-state index in [0.717, 1.165) is 62.7 Å². The fourth-order valence-corrected chi connectivity index (χ4v) is 3.98. The van der Waals surface area contributed by atoms with Gasteiger partial charge in [0, 0.05) is 25.3 Å². The first-order valence-electron chi connectivity index (χ1n) is 10.4. The van der Waals surface area contributed by atoms with Crippen LogP contribution in [0.2, 0.25) is 0 Å². The molecule has 7 heteroatoms. The van der Waals surface area contributed by atoms with E-state index in [2.05, 4.69) is 9.97 Å². The highest BCUT2D eigenvalue weighted by Gasteiger charge is 2.32. The minimum Gasteiger partial charge on any atom is -0.463 e. The predicted molar refractivity (Wildman–Crippen MR) is 103 cm³/mol. The molecule has 1 aromatic rings. The van der Waals surface area contributed by atoms with E-state index in [4.69, 9.17) is 15.2 Å². The van der Waals surface area contributed by atoms with Gasteiger partial charge >= 0.3 is 6.01 Å². The molecule has 0 unspecified atom stereocenters. The Kier molecular flexibility index (Phi) is 5.76. The molecule has 2 fully saturated rings. The highest BCUT2D eigenvalue weighted by molar-refractivity contribution is 6.01. The number of nitrogens with two attached hydrogens (primary N) is 1. The van der Waals surface area contributed by atoms with Crippen molar-refractivity contribution in [2.24, 2.45) is 11.8 Å². The van der Waals surface area contributed by atoms with Crippen LogP contribution in [0.3, 0.4) is 0 Å². The summed E-state index contributed by atoms with van der Waals surface area (Å²) < 4.78 is 11.1. The zero-order chi connectivity index (χ0) is 18.6. The number of rotatable bonds is 9. The molecule has 1 amide bonds. The molecule has 1 aliphatic carbocycles. The van der Waals surface area contributed by atoms with Crippen molar-refractivity contribution in [3.05, 3.63) is 5.56 Å². The summed E-state index contributed by atoms with van der Waals surface area (Å²) in [5.41, 5.74) is 6.82. The molecule has 0 bridgehead atoms. The normalized spacial score (nSPS) is 20.1. The number of ether oxygens (including phenoxy) is 2. The minimum absolute atomic E-state index is 0.0622. The fourth-order valence-electron chi connectivity index (χ4n) is 3.98.